The zero-order valence-electron chi connectivity index (χ0n) is 23.5. The third kappa shape index (κ3) is 6.72. The van der Waals surface area contributed by atoms with E-state index in [4.69, 9.17) is 9.47 Å². The van der Waals surface area contributed by atoms with Crippen LogP contribution in [-0.4, -0.2) is 59.4 Å². The molecule has 0 spiro atoms. The van der Waals surface area contributed by atoms with Crippen molar-refractivity contribution in [1.29, 1.82) is 0 Å². The minimum atomic E-state index is -0.702. The van der Waals surface area contributed by atoms with E-state index in [9.17, 15) is 14.7 Å². The first kappa shape index (κ1) is 28.9. The molecular weight excluding hydrogens is 504 g/mol. The van der Waals surface area contributed by atoms with Crippen LogP contribution >= 0.6 is 0 Å². The number of benzene rings is 3. The van der Waals surface area contributed by atoms with Gasteiger partial charge in [-0.05, 0) is 80.5 Å². The number of aliphatic hydroxyl groups is 1. The van der Waals surface area contributed by atoms with Gasteiger partial charge in [-0.15, -0.1) is 0 Å². The normalized spacial score (nSPS) is 16.5. The smallest absolute Gasteiger partial charge is 0.295 e. The second kappa shape index (κ2) is 13.8. The van der Waals surface area contributed by atoms with Crippen molar-refractivity contribution >= 4 is 17.4 Å². The van der Waals surface area contributed by atoms with Crippen molar-refractivity contribution in [2.24, 2.45) is 0 Å². The Hall–Kier alpha value is -4.10. The van der Waals surface area contributed by atoms with Gasteiger partial charge in [0.15, 0.2) is 0 Å². The van der Waals surface area contributed by atoms with Gasteiger partial charge in [0, 0.05) is 12.1 Å². The standard InChI is InChI=1S/C33H38N2O5/c1-4-34(5-2)21-10-22-35-30(25-13-17-28(18-14-25)40-23-24-11-8-7-9-12-24)29(32(37)33(35)38)31(36)26-15-19-27(20-16-26)39-6-3/h7-9,11-20,30,36H,4-6,10,21-23H2,1-3H3/t30-/m0/s1. The van der Waals surface area contributed by atoms with Gasteiger partial charge in [0.1, 0.15) is 23.9 Å². The highest BCUT2D eigenvalue weighted by atomic mass is 16.5. The number of carbonyl (C=O) groups excluding carboxylic acids is 2. The molecule has 0 bridgehead atoms. The van der Waals surface area contributed by atoms with E-state index in [1.807, 2.05) is 61.5 Å². The van der Waals surface area contributed by atoms with Crippen molar-refractivity contribution < 1.29 is 24.2 Å². The zero-order valence-corrected chi connectivity index (χ0v) is 23.5. The Balaban J connectivity index is 1.64. The summed E-state index contributed by atoms with van der Waals surface area (Å²) in [6.07, 6.45) is 0.715. The van der Waals surface area contributed by atoms with E-state index < -0.39 is 17.7 Å². The van der Waals surface area contributed by atoms with Crippen LogP contribution in [0.4, 0.5) is 0 Å². The van der Waals surface area contributed by atoms with Gasteiger partial charge in [0.2, 0.25) is 0 Å². The molecule has 40 heavy (non-hydrogen) atoms. The third-order valence-corrected chi connectivity index (χ3v) is 7.19. The largest absolute Gasteiger partial charge is 0.507 e. The minimum Gasteiger partial charge on any atom is -0.507 e. The summed E-state index contributed by atoms with van der Waals surface area (Å²) in [5, 5.41) is 11.3. The fourth-order valence-corrected chi connectivity index (χ4v) is 4.98. The van der Waals surface area contributed by atoms with Crippen LogP contribution in [0.1, 0.15) is 49.9 Å². The van der Waals surface area contributed by atoms with Gasteiger partial charge in [0.25, 0.3) is 11.7 Å². The summed E-state index contributed by atoms with van der Waals surface area (Å²) < 4.78 is 11.5. The lowest BCUT2D eigenvalue weighted by atomic mass is 9.95. The van der Waals surface area contributed by atoms with Crippen LogP contribution in [0, 0.1) is 0 Å². The van der Waals surface area contributed by atoms with Gasteiger partial charge in [-0.2, -0.15) is 0 Å². The summed E-state index contributed by atoms with van der Waals surface area (Å²) in [7, 11) is 0. The van der Waals surface area contributed by atoms with E-state index in [1.165, 1.54) is 0 Å². The molecule has 1 saturated heterocycles. The summed E-state index contributed by atoms with van der Waals surface area (Å²) in [4.78, 5) is 30.5. The Morgan fingerprint density at radius 1 is 0.850 bits per heavy atom. The number of ether oxygens (including phenoxy) is 2. The van der Waals surface area contributed by atoms with E-state index in [2.05, 4.69) is 18.7 Å². The minimum absolute atomic E-state index is 0.0925. The molecule has 210 valence electrons. The molecular formula is C33H38N2O5. The molecule has 7 nitrogen and oxygen atoms in total. The fourth-order valence-electron chi connectivity index (χ4n) is 4.98. The Morgan fingerprint density at radius 3 is 2.10 bits per heavy atom. The molecule has 0 aromatic heterocycles. The van der Waals surface area contributed by atoms with Gasteiger partial charge in [-0.3, -0.25) is 9.59 Å². The van der Waals surface area contributed by atoms with Crippen LogP contribution in [0.2, 0.25) is 0 Å². The fraction of sp³-hybridized carbons (Fsp3) is 0.333. The number of ketones is 1. The number of likely N-dealkylation sites (tertiary alicyclic amines) is 1. The highest BCUT2D eigenvalue weighted by molar-refractivity contribution is 6.46. The Kier molecular flexibility index (Phi) is 9.97. The molecule has 1 atom stereocenters. The monoisotopic (exact) mass is 542 g/mol. The SMILES string of the molecule is CCOc1ccc(C(O)=C2C(=O)C(=O)N(CCCN(CC)CC)[C@H]2c2ccc(OCc3ccccc3)cc2)cc1. The van der Waals surface area contributed by atoms with Crippen molar-refractivity contribution in [2.75, 3.05) is 32.8 Å². The molecule has 3 aromatic rings. The van der Waals surface area contributed by atoms with E-state index >= 15 is 0 Å². The van der Waals surface area contributed by atoms with Crippen LogP contribution in [0.3, 0.4) is 0 Å². The van der Waals surface area contributed by atoms with E-state index in [0.717, 1.165) is 30.8 Å². The molecule has 1 heterocycles. The highest BCUT2D eigenvalue weighted by Gasteiger charge is 2.45. The van der Waals surface area contributed by atoms with Gasteiger partial charge >= 0.3 is 0 Å². The predicted molar refractivity (Wildman–Crippen MR) is 156 cm³/mol. The number of aliphatic hydroxyl groups excluding tert-OH is 1. The molecule has 0 radical (unpaired) electrons. The maximum Gasteiger partial charge on any atom is 0.295 e. The second-order valence-corrected chi connectivity index (χ2v) is 9.67. The lowest BCUT2D eigenvalue weighted by Crippen LogP contribution is -2.33. The molecule has 0 saturated carbocycles. The third-order valence-electron chi connectivity index (χ3n) is 7.19. The van der Waals surface area contributed by atoms with Crippen molar-refractivity contribution in [3.63, 3.8) is 0 Å². The number of Topliss-reactive ketones (excluding diaryl/α,β-unsaturated/α-hetero) is 1. The van der Waals surface area contributed by atoms with Crippen LogP contribution in [0.15, 0.2) is 84.4 Å². The summed E-state index contributed by atoms with van der Waals surface area (Å²) in [6, 6.07) is 23.5. The number of nitrogens with zero attached hydrogens (tertiary/aromatic N) is 2. The summed E-state index contributed by atoms with van der Waals surface area (Å²) in [6.45, 7) is 10.1. The molecule has 4 rings (SSSR count). The Labute approximate surface area is 236 Å². The van der Waals surface area contributed by atoms with Crippen molar-refractivity contribution in [3.8, 4) is 11.5 Å². The molecule has 0 unspecified atom stereocenters. The van der Waals surface area contributed by atoms with E-state index in [1.54, 1.807) is 29.2 Å². The Morgan fingerprint density at radius 2 is 1.48 bits per heavy atom. The predicted octanol–water partition coefficient (Wildman–Crippen LogP) is 5.82. The number of hydrogen-bond acceptors (Lipinski definition) is 6. The van der Waals surface area contributed by atoms with Gasteiger partial charge in [0.05, 0.1) is 18.2 Å². The van der Waals surface area contributed by atoms with Crippen LogP contribution in [0.5, 0.6) is 11.5 Å². The second-order valence-electron chi connectivity index (χ2n) is 9.67. The average molecular weight is 543 g/mol. The molecule has 1 fully saturated rings. The van der Waals surface area contributed by atoms with Crippen molar-refractivity contribution in [1.82, 2.24) is 9.80 Å². The summed E-state index contributed by atoms with van der Waals surface area (Å²) >= 11 is 0. The van der Waals surface area contributed by atoms with Crippen LogP contribution in [0.25, 0.3) is 5.76 Å². The summed E-state index contributed by atoms with van der Waals surface area (Å²) in [5.74, 6) is -0.122. The first-order valence-corrected chi connectivity index (χ1v) is 14.0. The molecule has 1 aliphatic heterocycles. The quantitative estimate of drug-likeness (QED) is 0.167. The van der Waals surface area contributed by atoms with Crippen LogP contribution in [-0.2, 0) is 16.2 Å². The number of amides is 1. The highest BCUT2D eigenvalue weighted by Crippen LogP contribution is 2.40. The molecule has 1 N–H and O–H groups in total. The van der Waals surface area contributed by atoms with Crippen molar-refractivity contribution in [3.05, 3.63) is 101 Å². The van der Waals surface area contributed by atoms with E-state index in [-0.39, 0.29) is 11.3 Å². The van der Waals surface area contributed by atoms with Crippen LogP contribution < -0.4 is 9.47 Å². The molecule has 0 aliphatic carbocycles. The number of rotatable bonds is 13. The first-order chi connectivity index (χ1) is 19.5. The molecule has 1 aliphatic rings. The number of carbonyl (C=O) groups is 2. The van der Waals surface area contributed by atoms with Gasteiger partial charge in [-0.1, -0.05) is 56.3 Å². The molecule has 3 aromatic carbocycles. The van der Waals surface area contributed by atoms with Gasteiger partial charge < -0.3 is 24.4 Å². The molecule has 1 amide bonds. The van der Waals surface area contributed by atoms with E-state index in [0.29, 0.717) is 43.2 Å². The zero-order chi connectivity index (χ0) is 28.5. The van der Waals surface area contributed by atoms with Gasteiger partial charge in [-0.25, -0.2) is 0 Å². The number of hydrogen-bond donors (Lipinski definition) is 1. The lowest BCUT2D eigenvalue weighted by molar-refractivity contribution is -0.140. The first-order valence-electron chi connectivity index (χ1n) is 14.0. The molecule has 7 heteroatoms. The topological polar surface area (TPSA) is 79.3 Å². The average Bonchev–Trinajstić information content (AvgIpc) is 3.24. The Bertz CT molecular complexity index is 1300. The van der Waals surface area contributed by atoms with Crippen molar-refractivity contribution in [2.45, 2.75) is 39.8 Å². The summed E-state index contributed by atoms with van der Waals surface area (Å²) in [5.41, 5.74) is 2.34. The lowest BCUT2D eigenvalue weighted by Gasteiger charge is -2.27. The maximum atomic E-state index is 13.4. The maximum absolute atomic E-state index is 13.4.